The van der Waals surface area contributed by atoms with Gasteiger partial charge in [0.15, 0.2) is 0 Å². The lowest BCUT2D eigenvalue weighted by atomic mass is 10.0. The van der Waals surface area contributed by atoms with Crippen LogP contribution in [0.4, 0.5) is 10.1 Å². The van der Waals surface area contributed by atoms with Gasteiger partial charge in [-0.25, -0.2) is 12.8 Å². The van der Waals surface area contributed by atoms with E-state index in [-0.39, 0.29) is 29.5 Å². The van der Waals surface area contributed by atoms with Crippen LogP contribution in [0.15, 0.2) is 108 Å². The van der Waals surface area contributed by atoms with Gasteiger partial charge in [-0.2, -0.15) is 0 Å². The lowest BCUT2D eigenvalue weighted by Crippen LogP contribution is -2.53. The summed E-state index contributed by atoms with van der Waals surface area (Å²) in [5.41, 5.74) is 3.59. The zero-order valence-corrected chi connectivity index (χ0v) is 24.6. The second-order valence-electron chi connectivity index (χ2n) is 10.1. The number of hydrogen-bond donors (Lipinski definition) is 1. The van der Waals surface area contributed by atoms with Crippen molar-refractivity contribution >= 4 is 27.5 Å². The Hall–Kier alpha value is -4.50. The van der Waals surface area contributed by atoms with Crippen LogP contribution in [0.5, 0.6) is 0 Å². The molecule has 7 nitrogen and oxygen atoms in total. The largest absolute Gasteiger partial charge is 0.357 e. The smallest absolute Gasteiger partial charge is 0.264 e. The first-order valence-corrected chi connectivity index (χ1v) is 15.0. The second-order valence-corrected chi connectivity index (χ2v) is 11.9. The molecule has 0 aliphatic heterocycles. The van der Waals surface area contributed by atoms with Crippen LogP contribution in [-0.4, -0.2) is 44.8 Å². The number of nitrogens with zero attached hydrogens (tertiary/aromatic N) is 2. The van der Waals surface area contributed by atoms with Crippen LogP contribution in [-0.2, 0) is 32.6 Å². The topological polar surface area (TPSA) is 86.8 Å². The number of carbonyl (C=O) groups is 2. The van der Waals surface area contributed by atoms with Crippen LogP contribution in [0.2, 0.25) is 0 Å². The van der Waals surface area contributed by atoms with E-state index >= 15 is 0 Å². The molecule has 0 saturated carbocycles. The molecule has 0 spiro atoms. The Balaban J connectivity index is 1.79. The summed E-state index contributed by atoms with van der Waals surface area (Å²) in [6.07, 6.45) is 0.222. The zero-order chi connectivity index (χ0) is 30.3. The van der Waals surface area contributed by atoms with Crippen molar-refractivity contribution in [1.29, 1.82) is 0 Å². The van der Waals surface area contributed by atoms with E-state index in [1.165, 1.54) is 36.2 Å². The van der Waals surface area contributed by atoms with E-state index in [1.54, 1.807) is 12.1 Å². The normalized spacial score (nSPS) is 11.9. The highest BCUT2D eigenvalue weighted by Crippen LogP contribution is 2.26. The number of sulfonamides is 1. The molecule has 4 rings (SSSR count). The first-order chi connectivity index (χ1) is 20.1. The van der Waals surface area contributed by atoms with Crippen molar-refractivity contribution in [1.82, 2.24) is 10.2 Å². The summed E-state index contributed by atoms with van der Waals surface area (Å²) in [5, 5.41) is 2.67. The molecule has 0 bridgehead atoms. The SMILES string of the molecule is CNC(=O)[C@H](Cc1ccccc1)N(Cc1ccccc1C)C(=O)CN(c1ccc(F)cc1)S(=O)(=O)c1ccc(C)cc1. The standard InChI is InChI=1S/C33H34FN3O4S/c1-24-13-19-30(20-14-24)42(40,41)37(29-17-15-28(34)16-18-29)23-32(38)36(22-27-12-8-7-9-25(27)2)31(33(39)35-3)21-26-10-5-4-6-11-26/h4-20,31H,21-23H2,1-3H3,(H,35,39)/t31-/m0/s1. The monoisotopic (exact) mass is 587 g/mol. The molecule has 4 aromatic rings. The van der Waals surface area contributed by atoms with E-state index in [9.17, 15) is 22.4 Å². The molecule has 0 aliphatic carbocycles. The maximum atomic E-state index is 14.3. The van der Waals surface area contributed by atoms with Crippen molar-refractivity contribution in [3.05, 3.63) is 131 Å². The fourth-order valence-electron chi connectivity index (χ4n) is 4.67. The highest BCUT2D eigenvalue weighted by molar-refractivity contribution is 7.92. The fraction of sp³-hybridized carbons (Fsp3) is 0.212. The molecule has 0 saturated heterocycles. The summed E-state index contributed by atoms with van der Waals surface area (Å²) in [6, 6.07) is 27.1. The molecule has 0 heterocycles. The van der Waals surface area contributed by atoms with Gasteiger partial charge < -0.3 is 10.2 Å². The van der Waals surface area contributed by atoms with Gasteiger partial charge >= 0.3 is 0 Å². The predicted octanol–water partition coefficient (Wildman–Crippen LogP) is 5.02. The fourth-order valence-corrected chi connectivity index (χ4v) is 6.08. The summed E-state index contributed by atoms with van der Waals surface area (Å²) >= 11 is 0. The Labute approximate surface area is 246 Å². The minimum atomic E-state index is -4.24. The van der Waals surface area contributed by atoms with E-state index in [0.29, 0.717) is 0 Å². The summed E-state index contributed by atoms with van der Waals surface area (Å²) in [7, 11) is -2.74. The summed E-state index contributed by atoms with van der Waals surface area (Å²) < 4.78 is 42.7. The van der Waals surface area contributed by atoms with Crippen molar-refractivity contribution in [2.75, 3.05) is 17.9 Å². The molecule has 0 radical (unpaired) electrons. The third-order valence-corrected chi connectivity index (χ3v) is 8.91. The van der Waals surface area contributed by atoms with Crippen molar-refractivity contribution in [2.45, 2.75) is 37.8 Å². The number of halogens is 1. The molecule has 4 aromatic carbocycles. The van der Waals surface area contributed by atoms with E-state index in [1.807, 2.05) is 68.4 Å². The van der Waals surface area contributed by atoms with Gasteiger partial charge in [-0.05, 0) is 66.9 Å². The molecule has 218 valence electrons. The molecule has 1 atom stereocenters. The lowest BCUT2D eigenvalue weighted by Gasteiger charge is -2.34. The minimum Gasteiger partial charge on any atom is -0.357 e. The van der Waals surface area contributed by atoms with Gasteiger partial charge in [0.1, 0.15) is 18.4 Å². The van der Waals surface area contributed by atoms with Gasteiger partial charge in [0.2, 0.25) is 11.8 Å². The van der Waals surface area contributed by atoms with Gasteiger partial charge in [-0.15, -0.1) is 0 Å². The van der Waals surface area contributed by atoms with Crippen molar-refractivity contribution in [3.63, 3.8) is 0 Å². The van der Waals surface area contributed by atoms with E-state index < -0.39 is 34.3 Å². The maximum Gasteiger partial charge on any atom is 0.264 e. The van der Waals surface area contributed by atoms with Gasteiger partial charge in [0.25, 0.3) is 10.0 Å². The van der Waals surface area contributed by atoms with Gasteiger partial charge in [0, 0.05) is 20.0 Å². The van der Waals surface area contributed by atoms with Crippen LogP contribution in [0.25, 0.3) is 0 Å². The van der Waals surface area contributed by atoms with Gasteiger partial charge in [0.05, 0.1) is 10.6 Å². The lowest BCUT2D eigenvalue weighted by molar-refractivity contribution is -0.139. The number of anilines is 1. The first kappa shape index (κ1) is 30.5. The molecular formula is C33H34FN3O4S. The van der Waals surface area contributed by atoms with E-state index in [0.717, 1.165) is 38.7 Å². The molecule has 0 aliphatic rings. The number of aryl methyl sites for hydroxylation is 2. The Morgan fingerprint density at radius 3 is 2.07 bits per heavy atom. The molecule has 2 amide bonds. The summed E-state index contributed by atoms with van der Waals surface area (Å²) in [6.45, 7) is 3.23. The van der Waals surface area contributed by atoms with Crippen molar-refractivity contribution in [3.8, 4) is 0 Å². The summed E-state index contributed by atoms with van der Waals surface area (Å²) in [4.78, 5) is 29.0. The number of hydrogen-bond acceptors (Lipinski definition) is 4. The average Bonchev–Trinajstić information content (AvgIpc) is 2.99. The summed E-state index contributed by atoms with van der Waals surface area (Å²) in [5.74, 6) is -1.50. The Bertz CT molecular complexity index is 1630. The minimum absolute atomic E-state index is 0.0113. The van der Waals surface area contributed by atoms with Crippen LogP contribution in [0.1, 0.15) is 22.3 Å². The van der Waals surface area contributed by atoms with Crippen molar-refractivity contribution in [2.24, 2.45) is 0 Å². The molecule has 42 heavy (non-hydrogen) atoms. The molecule has 0 unspecified atom stereocenters. The molecule has 9 heteroatoms. The zero-order valence-electron chi connectivity index (χ0n) is 23.8. The van der Waals surface area contributed by atoms with Crippen LogP contribution < -0.4 is 9.62 Å². The number of benzene rings is 4. The highest BCUT2D eigenvalue weighted by Gasteiger charge is 2.34. The van der Waals surface area contributed by atoms with Crippen molar-refractivity contribution < 1.29 is 22.4 Å². The average molecular weight is 588 g/mol. The highest BCUT2D eigenvalue weighted by atomic mass is 32.2. The maximum absolute atomic E-state index is 14.3. The quantitative estimate of drug-likeness (QED) is 0.267. The number of nitrogens with one attached hydrogen (secondary N) is 1. The van der Waals surface area contributed by atoms with E-state index in [2.05, 4.69) is 5.32 Å². The molecule has 0 aromatic heterocycles. The third-order valence-electron chi connectivity index (χ3n) is 7.12. The van der Waals surface area contributed by atoms with Crippen LogP contribution >= 0.6 is 0 Å². The Morgan fingerprint density at radius 2 is 1.45 bits per heavy atom. The third kappa shape index (κ3) is 7.22. The molecule has 1 N–H and O–H groups in total. The van der Waals surface area contributed by atoms with Crippen LogP contribution in [0, 0.1) is 19.7 Å². The number of carbonyl (C=O) groups excluding carboxylic acids is 2. The van der Waals surface area contributed by atoms with Crippen LogP contribution in [0.3, 0.4) is 0 Å². The number of amides is 2. The Morgan fingerprint density at radius 1 is 0.833 bits per heavy atom. The van der Waals surface area contributed by atoms with Gasteiger partial charge in [-0.1, -0.05) is 72.3 Å². The second kappa shape index (κ2) is 13.4. The first-order valence-electron chi connectivity index (χ1n) is 13.5. The number of likely N-dealkylation sites (N-methyl/N-ethyl adjacent to an activating group) is 1. The predicted molar refractivity (Wildman–Crippen MR) is 162 cm³/mol. The number of rotatable bonds is 11. The van der Waals surface area contributed by atoms with Gasteiger partial charge in [-0.3, -0.25) is 13.9 Å². The molecular weight excluding hydrogens is 553 g/mol. The van der Waals surface area contributed by atoms with E-state index in [4.69, 9.17) is 0 Å². The molecule has 0 fully saturated rings. The Kier molecular flexibility index (Phi) is 9.75.